The molecule has 0 saturated heterocycles. The maximum atomic E-state index is 12.9. The van der Waals surface area contributed by atoms with E-state index in [9.17, 15) is 9.90 Å². The van der Waals surface area contributed by atoms with Gasteiger partial charge in [0.15, 0.2) is 5.78 Å². The van der Waals surface area contributed by atoms with Crippen molar-refractivity contribution in [1.29, 1.82) is 0 Å². The fourth-order valence-electron chi connectivity index (χ4n) is 3.31. The Bertz CT molecular complexity index is 891. The van der Waals surface area contributed by atoms with Crippen LogP contribution in [0.1, 0.15) is 34.0 Å². The van der Waals surface area contributed by atoms with Crippen LogP contribution in [0.2, 0.25) is 0 Å². The van der Waals surface area contributed by atoms with Gasteiger partial charge < -0.3 is 5.11 Å². The van der Waals surface area contributed by atoms with Crippen LogP contribution in [0.5, 0.6) is 0 Å². The molecule has 0 aliphatic heterocycles. The zero-order valence-corrected chi connectivity index (χ0v) is 11.6. The minimum absolute atomic E-state index is 0.0103. The Labute approximate surface area is 122 Å². The summed E-state index contributed by atoms with van der Waals surface area (Å²) in [7, 11) is 0. The van der Waals surface area contributed by atoms with Crippen molar-refractivity contribution in [3.63, 3.8) is 0 Å². The topological polar surface area (TPSA) is 37.3 Å². The van der Waals surface area contributed by atoms with Crippen LogP contribution in [0.3, 0.4) is 0 Å². The van der Waals surface area contributed by atoms with E-state index in [1.165, 1.54) is 0 Å². The largest absolute Gasteiger partial charge is 0.381 e. The molecule has 1 unspecified atom stereocenters. The summed E-state index contributed by atoms with van der Waals surface area (Å²) >= 11 is 0. The van der Waals surface area contributed by atoms with Crippen LogP contribution in [0.15, 0.2) is 60.7 Å². The van der Waals surface area contributed by atoms with E-state index in [1.54, 1.807) is 13.0 Å². The summed E-state index contributed by atoms with van der Waals surface area (Å²) in [4.78, 5) is 12.9. The van der Waals surface area contributed by atoms with Gasteiger partial charge in [0, 0.05) is 11.1 Å². The van der Waals surface area contributed by atoms with Crippen molar-refractivity contribution in [3.8, 4) is 0 Å². The number of carbonyl (C=O) groups excluding carboxylic acids is 1. The molecule has 4 rings (SSSR count). The molecular weight excluding hydrogens is 260 g/mol. The predicted octanol–water partition coefficient (Wildman–Crippen LogP) is 3.64. The normalized spacial score (nSPS) is 20.2. The van der Waals surface area contributed by atoms with E-state index in [2.05, 4.69) is 0 Å². The highest BCUT2D eigenvalue weighted by Crippen LogP contribution is 2.41. The fraction of sp³-hybridized carbons (Fsp3) is 0.105. The summed E-state index contributed by atoms with van der Waals surface area (Å²) in [6, 6.07) is 18.9. The maximum absolute atomic E-state index is 12.9. The van der Waals surface area contributed by atoms with Gasteiger partial charge >= 0.3 is 0 Å². The van der Waals surface area contributed by atoms with Crippen molar-refractivity contribution in [2.24, 2.45) is 0 Å². The van der Waals surface area contributed by atoms with Gasteiger partial charge in [0.1, 0.15) is 5.60 Å². The van der Waals surface area contributed by atoms with Crippen LogP contribution < -0.4 is 0 Å². The van der Waals surface area contributed by atoms with Gasteiger partial charge in [0.2, 0.25) is 0 Å². The van der Waals surface area contributed by atoms with Gasteiger partial charge in [-0.05, 0) is 28.8 Å². The molecule has 1 N–H and O–H groups in total. The molecule has 0 spiro atoms. The van der Waals surface area contributed by atoms with Gasteiger partial charge in [-0.2, -0.15) is 0 Å². The van der Waals surface area contributed by atoms with E-state index in [-0.39, 0.29) is 5.78 Å². The number of aliphatic hydroxyl groups is 1. The van der Waals surface area contributed by atoms with Crippen LogP contribution in [0, 0.1) is 0 Å². The highest BCUT2D eigenvalue weighted by molar-refractivity contribution is 6.19. The Morgan fingerprint density at radius 1 is 0.857 bits per heavy atom. The number of hydrogen-bond acceptors (Lipinski definition) is 2. The molecular formula is C19H14O2. The second-order valence-electron chi connectivity index (χ2n) is 5.66. The average molecular weight is 274 g/mol. The van der Waals surface area contributed by atoms with E-state index < -0.39 is 5.60 Å². The average Bonchev–Trinajstić information content (AvgIpc) is 2.52. The van der Waals surface area contributed by atoms with E-state index >= 15 is 0 Å². The first-order valence-corrected chi connectivity index (χ1v) is 6.99. The van der Waals surface area contributed by atoms with Crippen molar-refractivity contribution in [3.05, 3.63) is 82.9 Å². The minimum Gasteiger partial charge on any atom is -0.381 e. The lowest BCUT2D eigenvalue weighted by atomic mass is 9.74. The van der Waals surface area contributed by atoms with Crippen LogP contribution >= 0.6 is 0 Å². The first-order valence-electron chi connectivity index (χ1n) is 6.99. The lowest BCUT2D eigenvalue weighted by Crippen LogP contribution is -2.32. The number of ketones is 1. The Morgan fingerprint density at radius 3 is 2.43 bits per heavy atom. The summed E-state index contributed by atoms with van der Waals surface area (Å²) in [6.45, 7) is 1.76. The second kappa shape index (κ2) is 4.03. The summed E-state index contributed by atoms with van der Waals surface area (Å²) < 4.78 is 0. The molecule has 2 heteroatoms. The van der Waals surface area contributed by atoms with Crippen molar-refractivity contribution in [2.45, 2.75) is 12.5 Å². The van der Waals surface area contributed by atoms with Crippen molar-refractivity contribution < 1.29 is 9.90 Å². The monoisotopic (exact) mass is 274 g/mol. The molecule has 1 atom stereocenters. The molecule has 0 fully saturated rings. The summed E-state index contributed by atoms with van der Waals surface area (Å²) in [5.74, 6) is -0.0103. The number of benzene rings is 3. The van der Waals surface area contributed by atoms with Crippen LogP contribution in [-0.4, -0.2) is 10.9 Å². The number of carbonyl (C=O) groups is 1. The molecule has 1 aliphatic carbocycles. The quantitative estimate of drug-likeness (QED) is 0.679. The van der Waals surface area contributed by atoms with E-state index in [1.807, 2.05) is 54.6 Å². The van der Waals surface area contributed by atoms with Gasteiger partial charge in [-0.3, -0.25) is 4.79 Å². The molecule has 0 radical (unpaired) electrons. The van der Waals surface area contributed by atoms with E-state index in [0.29, 0.717) is 22.3 Å². The molecule has 0 saturated carbocycles. The minimum atomic E-state index is -1.15. The van der Waals surface area contributed by atoms with Crippen molar-refractivity contribution in [1.82, 2.24) is 0 Å². The number of fused-ring (bicyclic) bond motifs is 4. The predicted molar refractivity (Wildman–Crippen MR) is 82.5 cm³/mol. The first kappa shape index (κ1) is 12.3. The smallest absolute Gasteiger partial charge is 0.194 e. The van der Waals surface area contributed by atoms with Gasteiger partial charge in [0.25, 0.3) is 0 Å². The molecule has 0 aromatic heterocycles. The van der Waals surface area contributed by atoms with E-state index in [4.69, 9.17) is 0 Å². The first-order chi connectivity index (χ1) is 10.1. The van der Waals surface area contributed by atoms with Crippen LogP contribution in [0.4, 0.5) is 0 Å². The highest BCUT2D eigenvalue weighted by atomic mass is 16.3. The lowest BCUT2D eigenvalue weighted by molar-refractivity contribution is 0.0866. The molecule has 21 heavy (non-hydrogen) atoms. The fourth-order valence-corrected chi connectivity index (χ4v) is 3.31. The second-order valence-corrected chi connectivity index (χ2v) is 5.66. The van der Waals surface area contributed by atoms with Gasteiger partial charge in [-0.1, -0.05) is 60.7 Å². The van der Waals surface area contributed by atoms with Gasteiger partial charge in [-0.15, -0.1) is 0 Å². The third-order valence-electron chi connectivity index (χ3n) is 4.38. The molecule has 0 heterocycles. The third kappa shape index (κ3) is 1.54. The standard InChI is InChI=1S/C19H14O2/c1-19(21)15-9-5-4-8-14(15)18(20)17-13-7-3-2-6-12(13)10-11-16(17)19/h2-11,21H,1H3. The van der Waals surface area contributed by atoms with Gasteiger partial charge in [0.05, 0.1) is 0 Å². The molecule has 0 amide bonds. The lowest BCUT2D eigenvalue weighted by Gasteiger charge is -2.33. The maximum Gasteiger partial charge on any atom is 0.194 e. The van der Waals surface area contributed by atoms with Crippen molar-refractivity contribution in [2.75, 3.05) is 0 Å². The molecule has 102 valence electrons. The van der Waals surface area contributed by atoms with Crippen LogP contribution in [0.25, 0.3) is 10.8 Å². The summed E-state index contributed by atoms with van der Waals surface area (Å²) in [5.41, 5.74) is 1.43. The van der Waals surface area contributed by atoms with Crippen LogP contribution in [-0.2, 0) is 5.60 Å². The zero-order valence-electron chi connectivity index (χ0n) is 11.6. The summed E-state index contributed by atoms with van der Waals surface area (Å²) in [6.07, 6.45) is 0. The molecule has 1 aliphatic rings. The molecule has 3 aromatic carbocycles. The molecule has 0 bridgehead atoms. The third-order valence-corrected chi connectivity index (χ3v) is 4.38. The van der Waals surface area contributed by atoms with Gasteiger partial charge in [-0.25, -0.2) is 0 Å². The Balaban J connectivity index is 2.16. The summed E-state index contributed by atoms with van der Waals surface area (Å²) in [5, 5.41) is 12.9. The number of hydrogen-bond donors (Lipinski definition) is 1. The molecule has 2 nitrogen and oxygen atoms in total. The Morgan fingerprint density at radius 2 is 1.57 bits per heavy atom. The zero-order chi connectivity index (χ0) is 14.6. The highest BCUT2D eigenvalue weighted by Gasteiger charge is 2.39. The van der Waals surface area contributed by atoms with Crippen molar-refractivity contribution >= 4 is 16.6 Å². The SMILES string of the molecule is CC1(O)c2ccccc2C(=O)c2c1ccc1ccccc21. The Hall–Kier alpha value is -2.45. The molecule has 3 aromatic rings. The van der Waals surface area contributed by atoms with E-state index in [0.717, 1.165) is 10.8 Å². The number of rotatable bonds is 0. The Kier molecular flexibility index (Phi) is 2.36.